The van der Waals surface area contributed by atoms with E-state index in [1.54, 1.807) is 12.1 Å². The van der Waals surface area contributed by atoms with E-state index >= 15 is 0 Å². The van der Waals surface area contributed by atoms with Crippen LogP contribution in [-0.4, -0.2) is 29.3 Å². The van der Waals surface area contributed by atoms with Crippen LogP contribution in [-0.2, 0) is 11.2 Å². The molecule has 5 heteroatoms. The van der Waals surface area contributed by atoms with Gasteiger partial charge in [0.1, 0.15) is 5.82 Å². The van der Waals surface area contributed by atoms with Crippen molar-refractivity contribution in [1.29, 1.82) is 0 Å². The van der Waals surface area contributed by atoms with Crippen LogP contribution in [0.2, 0.25) is 0 Å². The highest BCUT2D eigenvalue weighted by Gasteiger charge is 2.09. The van der Waals surface area contributed by atoms with Crippen molar-refractivity contribution < 1.29 is 9.53 Å². The number of esters is 1. The number of anilines is 1. The van der Waals surface area contributed by atoms with Crippen LogP contribution in [0.3, 0.4) is 0 Å². The molecule has 1 aromatic carbocycles. The summed E-state index contributed by atoms with van der Waals surface area (Å²) in [6.45, 7) is 2.10. The van der Waals surface area contributed by atoms with Crippen LogP contribution in [0.25, 0.3) is 0 Å². The van der Waals surface area contributed by atoms with Gasteiger partial charge in [-0.05, 0) is 37.5 Å². The molecule has 1 aromatic heterocycles. The zero-order valence-corrected chi connectivity index (χ0v) is 12.2. The Labute approximate surface area is 124 Å². The molecule has 0 aliphatic heterocycles. The van der Waals surface area contributed by atoms with Gasteiger partial charge in [0.2, 0.25) is 0 Å². The molecule has 21 heavy (non-hydrogen) atoms. The Morgan fingerprint density at radius 1 is 1.19 bits per heavy atom. The van der Waals surface area contributed by atoms with Crippen LogP contribution in [0, 0.1) is 0 Å². The van der Waals surface area contributed by atoms with Gasteiger partial charge in [0.15, 0.2) is 5.69 Å². The number of hydrogen-bond acceptors (Lipinski definition) is 5. The normalized spacial score (nSPS) is 11.7. The average molecular weight is 285 g/mol. The van der Waals surface area contributed by atoms with Crippen LogP contribution in [0.1, 0.15) is 29.4 Å². The number of rotatable bonds is 6. The van der Waals surface area contributed by atoms with Gasteiger partial charge in [-0.3, -0.25) is 0 Å². The van der Waals surface area contributed by atoms with Crippen LogP contribution in [0.15, 0.2) is 42.5 Å². The van der Waals surface area contributed by atoms with E-state index < -0.39 is 5.97 Å². The predicted octanol–water partition coefficient (Wildman–Crippen LogP) is 2.70. The Kier molecular flexibility index (Phi) is 5.26. The lowest BCUT2D eigenvalue weighted by Gasteiger charge is -2.14. The summed E-state index contributed by atoms with van der Waals surface area (Å²) in [6, 6.07) is 14.0. The van der Waals surface area contributed by atoms with Crippen molar-refractivity contribution in [3.05, 3.63) is 53.7 Å². The monoisotopic (exact) mass is 285 g/mol. The van der Waals surface area contributed by atoms with Gasteiger partial charge in [-0.1, -0.05) is 30.3 Å². The first kappa shape index (κ1) is 15.0. The molecule has 5 nitrogen and oxygen atoms in total. The Morgan fingerprint density at radius 2 is 1.95 bits per heavy atom. The number of hydrogen-bond donors (Lipinski definition) is 1. The van der Waals surface area contributed by atoms with Crippen molar-refractivity contribution in [1.82, 2.24) is 10.2 Å². The fraction of sp³-hybridized carbons (Fsp3) is 0.312. The molecule has 0 spiro atoms. The molecule has 0 saturated carbocycles. The summed E-state index contributed by atoms with van der Waals surface area (Å²) in [4.78, 5) is 11.3. The number of aromatic nitrogens is 2. The summed E-state index contributed by atoms with van der Waals surface area (Å²) >= 11 is 0. The van der Waals surface area contributed by atoms with Crippen LogP contribution in [0.4, 0.5) is 5.82 Å². The lowest BCUT2D eigenvalue weighted by atomic mass is 10.1. The molecule has 0 radical (unpaired) electrons. The number of ether oxygens (including phenoxy) is 1. The molecular weight excluding hydrogens is 266 g/mol. The van der Waals surface area contributed by atoms with E-state index in [9.17, 15) is 4.79 Å². The summed E-state index contributed by atoms with van der Waals surface area (Å²) in [5, 5.41) is 11.1. The van der Waals surface area contributed by atoms with E-state index in [1.807, 2.05) is 18.2 Å². The summed E-state index contributed by atoms with van der Waals surface area (Å²) in [5.74, 6) is 0.175. The number of carbonyl (C=O) groups is 1. The highest BCUT2D eigenvalue weighted by atomic mass is 16.5. The van der Waals surface area contributed by atoms with E-state index in [0.29, 0.717) is 5.82 Å². The SMILES string of the molecule is COC(=O)c1ccc(NC(C)CCc2ccccc2)nn1. The van der Waals surface area contributed by atoms with E-state index in [4.69, 9.17) is 0 Å². The molecule has 0 amide bonds. The number of aryl methyl sites for hydroxylation is 1. The molecule has 1 atom stereocenters. The number of nitrogens with one attached hydrogen (secondary N) is 1. The van der Waals surface area contributed by atoms with Gasteiger partial charge in [-0.25, -0.2) is 4.79 Å². The number of benzene rings is 1. The largest absolute Gasteiger partial charge is 0.464 e. The van der Waals surface area contributed by atoms with Crippen LogP contribution in [0.5, 0.6) is 0 Å². The Bertz CT molecular complexity index is 570. The molecule has 1 heterocycles. The summed E-state index contributed by atoms with van der Waals surface area (Å²) in [5.41, 5.74) is 1.53. The molecule has 1 N–H and O–H groups in total. The maximum atomic E-state index is 11.3. The average Bonchev–Trinajstić information content (AvgIpc) is 2.54. The van der Waals surface area contributed by atoms with Crippen molar-refractivity contribution in [2.75, 3.05) is 12.4 Å². The maximum absolute atomic E-state index is 11.3. The zero-order chi connectivity index (χ0) is 15.1. The van der Waals surface area contributed by atoms with Crippen molar-refractivity contribution >= 4 is 11.8 Å². The molecule has 2 aromatic rings. The third-order valence-electron chi connectivity index (χ3n) is 3.16. The van der Waals surface area contributed by atoms with Gasteiger partial charge in [0.05, 0.1) is 7.11 Å². The van der Waals surface area contributed by atoms with E-state index in [1.165, 1.54) is 12.7 Å². The second-order valence-electron chi connectivity index (χ2n) is 4.87. The quantitative estimate of drug-likeness (QED) is 0.827. The third-order valence-corrected chi connectivity index (χ3v) is 3.16. The number of nitrogens with zero attached hydrogens (tertiary/aromatic N) is 2. The van der Waals surface area contributed by atoms with Crippen molar-refractivity contribution in [2.45, 2.75) is 25.8 Å². The molecule has 110 valence electrons. The second-order valence-corrected chi connectivity index (χ2v) is 4.87. The highest BCUT2D eigenvalue weighted by Crippen LogP contribution is 2.09. The van der Waals surface area contributed by atoms with Gasteiger partial charge < -0.3 is 10.1 Å². The first-order valence-corrected chi connectivity index (χ1v) is 6.91. The molecule has 0 bridgehead atoms. The van der Waals surface area contributed by atoms with Crippen LogP contribution < -0.4 is 5.32 Å². The molecule has 2 rings (SSSR count). The lowest BCUT2D eigenvalue weighted by Crippen LogP contribution is -2.17. The molecule has 0 aliphatic carbocycles. The Balaban J connectivity index is 1.85. The van der Waals surface area contributed by atoms with Gasteiger partial charge in [0.25, 0.3) is 0 Å². The van der Waals surface area contributed by atoms with Crippen LogP contribution >= 0.6 is 0 Å². The van der Waals surface area contributed by atoms with E-state index in [0.717, 1.165) is 12.8 Å². The smallest absolute Gasteiger partial charge is 0.358 e. The molecule has 0 saturated heterocycles. The minimum atomic E-state index is -0.480. The molecular formula is C16H19N3O2. The van der Waals surface area contributed by atoms with Gasteiger partial charge in [-0.2, -0.15) is 0 Å². The summed E-state index contributed by atoms with van der Waals surface area (Å²) in [7, 11) is 1.32. The second kappa shape index (κ2) is 7.38. The number of carbonyl (C=O) groups excluding carboxylic acids is 1. The topological polar surface area (TPSA) is 64.1 Å². The first-order chi connectivity index (χ1) is 10.2. The number of methoxy groups -OCH3 is 1. The van der Waals surface area contributed by atoms with Gasteiger partial charge in [0, 0.05) is 6.04 Å². The molecule has 0 fully saturated rings. The third kappa shape index (κ3) is 4.56. The summed E-state index contributed by atoms with van der Waals surface area (Å²) < 4.78 is 4.58. The van der Waals surface area contributed by atoms with E-state index in [-0.39, 0.29) is 11.7 Å². The first-order valence-electron chi connectivity index (χ1n) is 6.91. The Morgan fingerprint density at radius 3 is 2.57 bits per heavy atom. The minimum Gasteiger partial charge on any atom is -0.464 e. The Hall–Kier alpha value is -2.43. The lowest BCUT2D eigenvalue weighted by molar-refractivity contribution is 0.0593. The fourth-order valence-electron chi connectivity index (χ4n) is 1.98. The predicted molar refractivity (Wildman–Crippen MR) is 81.2 cm³/mol. The standard InChI is InChI=1S/C16H19N3O2/c1-12(8-9-13-6-4-3-5-7-13)17-15-11-10-14(18-19-15)16(20)21-2/h3-7,10-12H,8-9H2,1-2H3,(H,17,19). The van der Waals surface area contributed by atoms with Crippen molar-refractivity contribution in [3.63, 3.8) is 0 Å². The van der Waals surface area contributed by atoms with Crippen molar-refractivity contribution in [3.8, 4) is 0 Å². The molecule has 0 aliphatic rings. The summed E-state index contributed by atoms with van der Waals surface area (Å²) in [6.07, 6.45) is 1.99. The van der Waals surface area contributed by atoms with E-state index in [2.05, 4.69) is 39.3 Å². The minimum absolute atomic E-state index is 0.208. The highest BCUT2D eigenvalue weighted by molar-refractivity contribution is 5.86. The zero-order valence-electron chi connectivity index (χ0n) is 12.2. The molecule has 1 unspecified atom stereocenters. The van der Waals surface area contributed by atoms with Gasteiger partial charge >= 0.3 is 5.97 Å². The fourth-order valence-corrected chi connectivity index (χ4v) is 1.98. The maximum Gasteiger partial charge on any atom is 0.358 e. The van der Waals surface area contributed by atoms with Gasteiger partial charge in [-0.15, -0.1) is 10.2 Å². The van der Waals surface area contributed by atoms with Crippen molar-refractivity contribution in [2.24, 2.45) is 0 Å².